The molecular weight excluding hydrogens is 262 g/mol. The van der Waals surface area contributed by atoms with Crippen molar-refractivity contribution in [2.75, 3.05) is 17.6 Å². The number of nitrogens with two attached hydrogens (primary N) is 2. The van der Waals surface area contributed by atoms with E-state index in [4.69, 9.17) is 11.5 Å². The zero-order valence-corrected chi connectivity index (χ0v) is 12.2. The van der Waals surface area contributed by atoms with E-state index in [9.17, 15) is 4.79 Å². The summed E-state index contributed by atoms with van der Waals surface area (Å²) >= 11 is 0. The zero-order valence-electron chi connectivity index (χ0n) is 12.2. The molecule has 2 aromatic rings. The molecule has 0 saturated heterocycles. The number of hydrogen-bond donors (Lipinski definition) is 3. The highest BCUT2D eigenvalue weighted by Crippen LogP contribution is 2.24. The molecule has 1 unspecified atom stereocenters. The first kappa shape index (κ1) is 14.9. The minimum Gasteiger partial charge on any atom is -0.397 e. The third-order valence-electron chi connectivity index (χ3n) is 3.61. The molecular formula is C17H21N3O. The van der Waals surface area contributed by atoms with Gasteiger partial charge in [-0.15, -0.1) is 0 Å². The van der Waals surface area contributed by atoms with Crippen LogP contribution < -0.4 is 16.8 Å². The van der Waals surface area contributed by atoms with Gasteiger partial charge in [0.15, 0.2) is 0 Å². The summed E-state index contributed by atoms with van der Waals surface area (Å²) in [5, 5.41) is 3.24. The molecule has 1 amide bonds. The second-order valence-electron chi connectivity index (χ2n) is 5.16. The molecule has 0 bridgehead atoms. The Morgan fingerprint density at radius 1 is 1.14 bits per heavy atom. The van der Waals surface area contributed by atoms with Crippen molar-refractivity contribution in [2.24, 2.45) is 5.73 Å². The normalized spacial score (nSPS) is 11.9. The average molecular weight is 283 g/mol. The summed E-state index contributed by atoms with van der Waals surface area (Å²) in [4.78, 5) is 11.4. The number of rotatable bonds is 6. The van der Waals surface area contributed by atoms with E-state index in [1.54, 1.807) is 18.2 Å². The first-order valence-electron chi connectivity index (χ1n) is 7.06. The van der Waals surface area contributed by atoms with Crippen molar-refractivity contribution in [1.29, 1.82) is 0 Å². The standard InChI is InChI=1S/C17H21N3O/c1-12(13-6-3-2-4-7-13)10-11-20-16-14(17(19)21)8-5-9-15(16)18/h2-9,12,20H,10-11,18H2,1H3,(H2,19,21). The van der Waals surface area contributed by atoms with Crippen LogP contribution >= 0.6 is 0 Å². The number of nitrogen functional groups attached to an aromatic ring is 1. The van der Waals surface area contributed by atoms with E-state index in [0.717, 1.165) is 13.0 Å². The lowest BCUT2D eigenvalue weighted by atomic mass is 9.98. The van der Waals surface area contributed by atoms with Crippen LogP contribution in [0.15, 0.2) is 48.5 Å². The second kappa shape index (κ2) is 6.79. The first-order valence-corrected chi connectivity index (χ1v) is 7.06. The van der Waals surface area contributed by atoms with Crippen molar-refractivity contribution in [1.82, 2.24) is 0 Å². The molecule has 0 aliphatic carbocycles. The van der Waals surface area contributed by atoms with Crippen molar-refractivity contribution in [3.05, 3.63) is 59.7 Å². The highest BCUT2D eigenvalue weighted by molar-refractivity contribution is 6.01. The predicted molar refractivity (Wildman–Crippen MR) is 87.3 cm³/mol. The van der Waals surface area contributed by atoms with Crippen LogP contribution in [-0.4, -0.2) is 12.5 Å². The van der Waals surface area contributed by atoms with Crippen molar-refractivity contribution in [3.8, 4) is 0 Å². The van der Waals surface area contributed by atoms with Crippen LogP contribution in [0, 0.1) is 0 Å². The van der Waals surface area contributed by atoms with E-state index in [0.29, 0.717) is 22.9 Å². The summed E-state index contributed by atoms with van der Waals surface area (Å²) in [6, 6.07) is 15.5. The van der Waals surface area contributed by atoms with E-state index >= 15 is 0 Å². The lowest BCUT2D eigenvalue weighted by molar-refractivity contribution is 0.100. The van der Waals surface area contributed by atoms with E-state index in [2.05, 4.69) is 24.4 Å². The quantitative estimate of drug-likeness (QED) is 0.713. The molecule has 0 heterocycles. The molecule has 110 valence electrons. The first-order chi connectivity index (χ1) is 10.1. The van der Waals surface area contributed by atoms with Gasteiger partial charge in [-0.3, -0.25) is 4.79 Å². The number of para-hydroxylation sites is 1. The molecule has 4 heteroatoms. The van der Waals surface area contributed by atoms with Gasteiger partial charge in [-0.1, -0.05) is 43.3 Å². The van der Waals surface area contributed by atoms with Gasteiger partial charge in [0.25, 0.3) is 5.91 Å². The van der Waals surface area contributed by atoms with Crippen LogP contribution in [0.3, 0.4) is 0 Å². The van der Waals surface area contributed by atoms with Gasteiger partial charge in [0.2, 0.25) is 0 Å². The number of primary amides is 1. The Labute approximate surface area is 125 Å². The topological polar surface area (TPSA) is 81.1 Å². The van der Waals surface area contributed by atoms with E-state index in [1.807, 2.05) is 18.2 Å². The summed E-state index contributed by atoms with van der Waals surface area (Å²) in [6.45, 7) is 2.91. The molecule has 2 rings (SSSR count). The minimum absolute atomic E-state index is 0.431. The van der Waals surface area contributed by atoms with Gasteiger partial charge in [0, 0.05) is 6.54 Å². The molecule has 0 aliphatic heterocycles. The van der Waals surface area contributed by atoms with E-state index in [1.165, 1.54) is 5.56 Å². The number of nitrogens with one attached hydrogen (secondary N) is 1. The molecule has 4 nitrogen and oxygen atoms in total. The molecule has 5 N–H and O–H groups in total. The van der Waals surface area contributed by atoms with Crippen molar-refractivity contribution >= 4 is 17.3 Å². The second-order valence-corrected chi connectivity index (χ2v) is 5.16. The maximum Gasteiger partial charge on any atom is 0.250 e. The van der Waals surface area contributed by atoms with Crippen LogP contribution in [0.4, 0.5) is 11.4 Å². The summed E-state index contributed by atoms with van der Waals surface area (Å²) in [5.41, 5.74) is 14.2. The zero-order chi connectivity index (χ0) is 15.2. The maximum absolute atomic E-state index is 11.4. The summed E-state index contributed by atoms with van der Waals surface area (Å²) in [6.07, 6.45) is 0.941. The highest BCUT2D eigenvalue weighted by atomic mass is 16.1. The van der Waals surface area contributed by atoms with Crippen LogP contribution in [0.5, 0.6) is 0 Å². The fourth-order valence-electron chi connectivity index (χ4n) is 2.33. The molecule has 0 aromatic heterocycles. The van der Waals surface area contributed by atoms with Gasteiger partial charge >= 0.3 is 0 Å². The average Bonchev–Trinajstić information content (AvgIpc) is 2.49. The van der Waals surface area contributed by atoms with Crippen LogP contribution in [0.25, 0.3) is 0 Å². The van der Waals surface area contributed by atoms with E-state index < -0.39 is 5.91 Å². The van der Waals surface area contributed by atoms with Crippen molar-refractivity contribution < 1.29 is 4.79 Å². The molecule has 0 fully saturated rings. The van der Waals surface area contributed by atoms with Gasteiger partial charge in [-0.25, -0.2) is 0 Å². The Bertz CT molecular complexity index is 611. The fourth-order valence-corrected chi connectivity index (χ4v) is 2.33. The lowest BCUT2D eigenvalue weighted by Gasteiger charge is -2.16. The number of anilines is 2. The van der Waals surface area contributed by atoms with Gasteiger partial charge in [-0.2, -0.15) is 0 Å². The van der Waals surface area contributed by atoms with Crippen LogP contribution in [-0.2, 0) is 0 Å². The van der Waals surface area contributed by atoms with Gasteiger partial charge in [0.1, 0.15) is 0 Å². The number of carbonyl (C=O) groups excluding carboxylic acids is 1. The number of amides is 1. The SMILES string of the molecule is CC(CCNc1c(N)cccc1C(N)=O)c1ccccc1. The Morgan fingerprint density at radius 2 is 1.86 bits per heavy atom. The van der Waals surface area contributed by atoms with Gasteiger partial charge < -0.3 is 16.8 Å². The van der Waals surface area contributed by atoms with E-state index in [-0.39, 0.29) is 0 Å². The van der Waals surface area contributed by atoms with Crippen molar-refractivity contribution in [2.45, 2.75) is 19.3 Å². The summed E-state index contributed by atoms with van der Waals surface area (Å²) in [7, 11) is 0. The molecule has 1 atom stereocenters. The van der Waals surface area contributed by atoms with Crippen LogP contribution in [0.2, 0.25) is 0 Å². The Kier molecular flexibility index (Phi) is 4.82. The van der Waals surface area contributed by atoms with Gasteiger partial charge in [0.05, 0.1) is 16.9 Å². The Balaban J connectivity index is 1.99. The number of benzene rings is 2. The minimum atomic E-state index is -0.471. The lowest BCUT2D eigenvalue weighted by Crippen LogP contribution is -2.16. The maximum atomic E-state index is 11.4. The molecule has 0 saturated carbocycles. The van der Waals surface area contributed by atoms with Gasteiger partial charge in [-0.05, 0) is 30.0 Å². The molecule has 0 spiro atoms. The predicted octanol–water partition coefficient (Wildman–Crippen LogP) is 2.97. The molecule has 21 heavy (non-hydrogen) atoms. The summed E-state index contributed by atoms with van der Waals surface area (Å²) < 4.78 is 0. The molecule has 0 aliphatic rings. The Morgan fingerprint density at radius 3 is 2.52 bits per heavy atom. The third-order valence-corrected chi connectivity index (χ3v) is 3.61. The summed E-state index contributed by atoms with van der Waals surface area (Å²) in [5.74, 6) is -0.0402. The highest BCUT2D eigenvalue weighted by Gasteiger charge is 2.11. The molecule has 2 aromatic carbocycles. The largest absolute Gasteiger partial charge is 0.397 e. The number of hydrogen-bond acceptors (Lipinski definition) is 3. The third kappa shape index (κ3) is 3.75. The van der Waals surface area contributed by atoms with Crippen molar-refractivity contribution in [3.63, 3.8) is 0 Å². The molecule has 0 radical (unpaired) electrons. The Hall–Kier alpha value is -2.49. The fraction of sp³-hybridized carbons (Fsp3) is 0.235. The van der Waals surface area contributed by atoms with Crippen LogP contribution in [0.1, 0.15) is 35.2 Å². The smallest absolute Gasteiger partial charge is 0.250 e. The number of carbonyl (C=O) groups is 1. The monoisotopic (exact) mass is 283 g/mol.